The van der Waals surface area contributed by atoms with Crippen molar-refractivity contribution in [2.24, 2.45) is 7.05 Å². The lowest BCUT2D eigenvalue weighted by Crippen LogP contribution is -2.12. The number of carbonyl (C=O) groups is 1. The number of methoxy groups -OCH3 is 1. The van der Waals surface area contributed by atoms with E-state index >= 15 is 0 Å². The molecule has 0 aliphatic rings. The molecule has 2 rings (SSSR count). The van der Waals surface area contributed by atoms with Crippen LogP contribution in [0, 0.1) is 17.0 Å². The molecule has 0 saturated heterocycles. The second kappa shape index (κ2) is 6.81. The number of hydrogen-bond acceptors (Lipinski definition) is 8. The molecule has 0 bridgehead atoms. The predicted molar refractivity (Wildman–Crippen MR) is 80.2 cm³/mol. The molecule has 0 atom stereocenters. The van der Waals surface area contributed by atoms with E-state index in [0.29, 0.717) is 13.0 Å². The molecule has 1 N–H and O–H groups in total. The van der Waals surface area contributed by atoms with Crippen LogP contribution in [0.1, 0.15) is 22.0 Å². The summed E-state index contributed by atoms with van der Waals surface area (Å²) in [5.74, 6) is 0.943. The Kier molecular flexibility index (Phi) is 4.84. The molecule has 0 aliphatic heterocycles. The maximum atomic E-state index is 11.4. The quantitative estimate of drug-likeness (QED) is 0.472. The van der Waals surface area contributed by atoms with Crippen molar-refractivity contribution in [2.75, 3.05) is 19.0 Å². The van der Waals surface area contributed by atoms with E-state index < -0.39 is 10.9 Å². The molecule has 2 heterocycles. The van der Waals surface area contributed by atoms with Gasteiger partial charge in [-0.2, -0.15) is 0 Å². The Labute approximate surface area is 131 Å². The SMILES string of the molecule is COC(=O)c1cnc(NCCc2nnc(C)n2C)c([N+](=O)[O-])c1. The summed E-state index contributed by atoms with van der Waals surface area (Å²) in [7, 11) is 3.04. The smallest absolute Gasteiger partial charge is 0.339 e. The van der Waals surface area contributed by atoms with Gasteiger partial charge in [-0.05, 0) is 6.92 Å². The van der Waals surface area contributed by atoms with Gasteiger partial charge >= 0.3 is 11.7 Å². The van der Waals surface area contributed by atoms with Crippen molar-refractivity contribution < 1.29 is 14.5 Å². The molecule has 10 heteroatoms. The van der Waals surface area contributed by atoms with Crippen LogP contribution in [0.4, 0.5) is 11.5 Å². The molecule has 122 valence electrons. The minimum Gasteiger partial charge on any atom is -0.465 e. The van der Waals surface area contributed by atoms with Crippen molar-refractivity contribution >= 4 is 17.5 Å². The van der Waals surface area contributed by atoms with E-state index in [9.17, 15) is 14.9 Å². The highest BCUT2D eigenvalue weighted by molar-refractivity contribution is 5.90. The number of rotatable bonds is 6. The highest BCUT2D eigenvalue weighted by atomic mass is 16.6. The topological polar surface area (TPSA) is 125 Å². The first kappa shape index (κ1) is 16.3. The maximum Gasteiger partial charge on any atom is 0.339 e. The lowest BCUT2D eigenvalue weighted by Gasteiger charge is -2.07. The van der Waals surface area contributed by atoms with Gasteiger partial charge in [-0.3, -0.25) is 10.1 Å². The number of aromatic nitrogens is 4. The lowest BCUT2D eigenvalue weighted by molar-refractivity contribution is -0.384. The third-order valence-electron chi connectivity index (χ3n) is 3.31. The van der Waals surface area contributed by atoms with Gasteiger partial charge in [0.25, 0.3) is 0 Å². The molecule has 0 aromatic carbocycles. The van der Waals surface area contributed by atoms with Crippen LogP contribution < -0.4 is 5.32 Å². The van der Waals surface area contributed by atoms with Gasteiger partial charge in [0.05, 0.1) is 17.6 Å². The normalized spacial score (nSPS) is 10.4. The van der Waals surface area contributed by atoms with Crippen LogP contribution in [0.15, 0.2) is 12.3 Å². The number of pyridine rings is 1. The summed E-state index contributed by atoms with van der Waals surface area (Å²) in [4.78, 5) is 25.9. The molecule has 0 aliphatic carbocycles. The zero-order valence-corrected chi connectivity index (χ0v) is 12.9. The number of hydrogen-bond donors (Lipinski definition) is 1. The third kappa shape index (κ3) is 3.59. The largest absolute Gasteiger partial charge is 0.465 e. The van der Waals surface area contributed by atoms with Gasteiger partial charge < -0.3 is 14.6 Å². The van der Waals surface area contributed by atoms with Crippen LogP contribution in [0.2, 0.25) is 0 Å². The summed E-state index contributed by atoms with van der Waals surface area (Å²) < 4.78 is 6.36. The van der Waals surface area contributed by atoms with E-state index in [4.69, 9.17) is 0 Å². The van der Waals surface area contributed by atoms with E-state index in [1.807, 2.05) is 18.5 Å². The monoisotopic (exact) mass is 320 g/mol. The fourth-order valence-corrected chi connectivity index (χ4v) is 1.92. The van der Waals surface area contributed by atoms with Crippen molar-refractivity contribution in [2.45, 2.75) is 13.3 Å². The Hall–Kier alpha value is -3.04. The van der Waals surface area contributed by atoms with Gasteiger partial charge in [0.1, 0.15) is 11.6 Å². The summed E-state index contributed by atoms with van der Waals surface area (Å²) in [5.41, 5.74) is -0.268. The summed E-state index contributed by atoms with van der Waals surface area (Å²) in [6.07, 6.45) is 1.75. The predicted octanol–water partition coefficient (Wildman–Crippen LogP) is 0.868. The molecule has 0 saturated carbocycles. The van der Waals surface area contributed by atoms with Crippen LogP contribution in [0.3, 0.4) is 0 Å². The van der Waals surface area contributed by atoms with E-state index in [2.05, 4.69) is 25.2 Å². The first-order valence-corrected chi connectivity index (χ1v) is 6.75. The third-order valence-corrected chi connectivity index (χ3v) is 3.31. The number of nitro groups is 1. The fourth-order valence-electron chi connectivity index (χ4n) is 1.92. The van der Waals surface area contributed by atoms with E-state index in [1.54, 1.807) is 0 Å². The maximum absolute atomic E-state index is 11.4. The Bertz CT molecular complexity index is 742. The molecule has 0 radical (unpaired) electrons. The molecule has 23 heavy (non-hydrogen) atoms. The second-order valence-corrected chi connectivity index (χ2v) is 4.74. The number of carbonyl (C=O) groups excluding carboxylic acids is 1. The van der Waals surface area contributed by atoms with Crippen LogP contribution in [0.5, 0.6) is 0 Å². The number of esters is 1. The molecule has 2 aromatic rings. The van der Waals surface area contributed by atoms with E-state index in [-0.39, 0.29) is 17.1 Å². The number of aryl methyl sites for hydroxylation is 1. The van der Waals surface area contributed by atoms with Gasteiger partial charge in [-0.1, -0.05) is 0 Å². The molecule has 0 unspecified atom stereocenters. The Morgan fingerprint density at radius 3 is 2.78 bits per heavy atom. The molecular formula is C13H16N6O4. The Morgan fingerprint density at radius 1 is 1.48 bits per heavy atom. The zero-order chi connectivity index (χ0) is 17.0. The van der Waals surface area contributed by atoms with E-state index in [1.165, 1.54) is 13.3 Å². The van der Waals surface area contributed by atoms with Crippen molar-refractivity contribution in [1.82, 2.24) is 19.7 Å². The summed E-state index contributed by atoms with van der Waals surface area (Å²) in [5, 5.41) is 21.9. The molecular weight excluding hydrogens is 304 g/mol. The number of nitrogens with one attached hydrogen (secondary N) is 1. The molecule has 10 nitrogen and oxygen atoms in total. The van der Waals surface area contributed by atoms with Crippen LogP contribution in [0.25, 0.3) is 0 Å². The number of nitrogens with zero attached hydrogens (tertiary/aromatic N) is 5. The van der Waals surface area contributed by atoms with Crippen LogP contribution in [-0.4, -0.2) is 44.3 Å². The van der Waals surface area contributed by atoms with Gasteiger partial charge in [0, 0.05) is 32.3 Å². The lowest BCUT2D eigenvalue weighted by atomic mass is 10.2. The van der Waals surface area contributed by atoms with Crippen molar-refractivity contribution in [3.63, 3.8) is 0 Å². The second-order valence-electron chi connectivity index (χ2n) is 4.74. The molecule has 0 fully saturated rings. The molecule has 0 amide bonds. The average Bonchev–Trinajstić information content (AvgIpc) is 2.86. The average molecular weight is 320 g/mol. The fraction of sp³-hybridized carbons (Fsp3) is 0.385. The van der Waals surface area contributed by atoms with Crippen LogP contribution >= 0.6 is 0 Å². The van der Waals surface area contributed by atoms with Crippen molar-refractivity contribution in [3.8, 4) is 0 Å². The minimum absolute atomic E-state index is 0.0219. The highest BCUT2D eigenvalue weighted by Gasteiger charge is 2.19. The Morgan fingerprint density at radius 2 is 2.22 bits per heavy atom. The van der Waals surface area contributed by atoms with Gasteiger partial charge in [0.2, 0.25) is 5.82 Å². The Balaban J connectivity index is 2.11. The number of ether oxygens (including phenoxy) is 1. The standard InChI is InChI=1S/C13H16N6O4/c1-8-16-17-11(18(8)2)4-5-14-12-10(19(21)22)6-9(7-15-12)13(20)23-3/h6-7H,4-5H2,1-3H3,(H,14,15). The highest BCUT2D eigenvalue weighted by Crippen LogP contribution is 2.23. The summed E-state index contributed by atoms with van der Waals surface area (Å²) in [6.45, 7) is 2.22. The van der Waals surface area contributed by atoms with Gasteiger partial charge in [0.15, 0.2) is 0 Å². The molecule has 2 aromatic heterocycles. The number of anilines is 1. The first-order chi connectivity index (χ1) is 10.9. The van der Waals surface area contributed by atoms with Crippen molar-refractivity contribution in [3.05, 3.63) is 39.6 Å². The first-order valence-electron chi connectivity index (χ1n) is 6.75. The van der Waals surface area contributed by atoms with Crippen LogP contribution in [-0.2, 0) is 18.2 Å². The summed E-state index contributed by atoms with van der Waals surface area (Å²) >= 11 is 0. The zero-order valence-electron chi connectivity index (χ0n) is 12.9. The van der Waals surface area contributed by atoms with Gasteiger partial charge in [-0.15, -0.1) is 10.2 Å². The minimum atomic E-state index is -0.679. The summed E-state index contributed by atoms with van der Waals surface area (Å²) in [6, 6.07) is 1.13. The van der Waals surface area contributed by atoms with Crippen molar-refractivity contribution in [1.29, 1.82) is 0 Å². The van der Waals surface area contributed by atoms with E-state index in [0.717, 1.165) is 17.7 Å². The molecule has 0 spiro atoms. The van der Waals surface area contributed by atoms with Gasteiger partial charge in [-0.25, -0.2) is 9.78 Å².